The molecule has 2 aromatic rings. The van der Waals surface area contributed by atoms with Crippen LogP contribution < -0.4 is 0 Å². The molecular weight excluding hydrogens is 172 g/mol. The number of aryl methyl sites for hydroxylation is 1. The maximum Gasteiger partial charge on any atom is 0.137 e. The first-order valence-electron chi connectivity index (χ1n) is 4.53. The average molecular weight is 184 g/mol. The van der Waals surface area contributed by atoms with Crippen LogP contribution >= 0.6 is 0 Å². The van der Waals surface area contributed by atoms with Crippen molar-refractivity contribution in [1.82, 2.24) is 9.97 Å². The van der Waals surface area contributed by atoms with Gasteiger partial charge in [-0.3, -0.25) is 0 Å². The van der Waals surface area contributed by atoms with Crippen molar-refractivity contribution in [2.24, 2.45) is 0 Å². The van der Waals surface area contributed by atoms with E-state index in [1.165, 1.54) is 5.56 Å². The van der Waals surface area contributed by atoms with Crippen LogP contribution in [0.4, 0.5) is 0 Å². The number of benzene rings is 1. The molecular formula is C12H12N2. The molecule has 2 nitrogen and oxygen atoms in total. The Morgan fingerprint density at radius 2 is 2.14 bits per heavy atom. The zero-order valence-electron chi connectivity index (χ0n) is 8.12. The largest absolute Gasteiger partial charge is 0.345 e. The summed E-state index contributed by atoms with van der Waals surface area (Å²) >= 11 is 0. The highest BCUT2D eigenvalue weighted by molar-refractivity contribution is 5.75. The van der Waals surface area contributed by atoms with Crippen molar-refractivity contribution in [3.05, 3.63) is 60.2 Å². The maximum atomic E-state index is 4.18. The van der Waals surface area contributed by atoms with Gasteiger partial charge < -0.3 is 4.98 Å². The molecule has 0 saturated carbocycles. The van der Waals surface area contributed by atoms with Crippen LogP contribution in [0.1, 0.15) is 17.0 Å². The fourth-order valence-electron chi connectivity index (χ4n) is 1.47. The van der Waals surface area contributed by atoms with E-state index in [0.29, 0.717) is 0 Å². The molecule has 14 heavy (non-hydrogen) atoms. The predicted molar refractivity (Wildman–Crippen MR) is 57.9 cm³/mol. The number of hydrogen-bond acceptors (Lipinski definition) is 1. The lowest BCUT2D eigenvalue weighted by molar-refractivity contribution is 1.23. The van der Waals surface area contributed by atoms with Gasteiger partial charge in [0.05, 0.1) is 0 Å². The molecule has 1 heterocycles. The van der Waals surface area contributed by atoms with Crippen LogP contribution in [0.25, 0.3) is 5.57 Å². The van der Waals surface area contributed by atoms with Crippen molar-refractivity contribution in [2.75, 3.05) is 0 Å². The van der Waals surface area contributed by atoms with Crippen LogP contribution in [0.3, 0.4) is 0 Å². The van der Waals surface area contributed by atoms with Crippen molar-refractivity contribution >= 4 is 5.57 Å². The average Bonchev–Trinajstić information content (AvgIpc) is 2.70. The Kier molecular flexibility index (Phi) is 2.19. The van der Waals surface area contributed by atoms with Crippen molar-refractivity contribution in [3.8, 4) is 0 Å². The van der Waals surface area contributed by atoms with E-state index in [4.69, 9.17) is 0 Å². The highest BCUT2D eigenvalue weighted by atomic mass is 14.9. The minimum Gasteiger partial charge on any atom is -0.345 e. The summed E-state index contributed by atoms with van der Waals surface area (Å²) in [5.74, 6) is 0.833. The molecule has 0 bridgehead atoms. The zero-order chi connectivity index (χ0) is 9.97. The lowest BCUT2D eigenvalue weighted by Gasteiger charge is -2.05. The van der Waals surface area contributed by atoms with Gasteiger partial charge in [0.2, 0.25) is 0 Å². The van der Waals surface area contributed by atoms with Gasteiger partial charge in [0.15, 0.2) is 0 Å². The van der Waals surface area contributed by atoms with Gasteiger partial charge in [0.1, 0.15) is 5.82 Å². The zero-order valence-corrected chi connectivity index (χ0v) is 8.12. The topological polar surface area (TPSA) is 28.7 Å². The molecule has 0 spiro atoms. The van der Waals surface area contributed by atoms with Crippen LogP contribution in [0.5, 0.6) is 0 Å². The van der Waals surface area contributed by atoms with Crippen LogP contribution in [-0.2, 0) is 0 Å². The third kappa shape index (κ3) is 1.46. The predicted octanol–water partition coefficient (Wildman–Crippen LogP) is 2.78. The molecule has 0 atom stereocenters. The number of imidazole rings is 1. The number of hydrogen-bond donors (Lipinski definition) is 1. The lowest BCUT2D eigenvalue weighted by Crippen LogP contribution is -1.91. The fourth-order valence-corrected chi connectivity index (χ4v) is 1.47. The van der Waals surface area contributed by atoms with Crippen LogP contribution in [0.15, 0.2) is 43.2 Å². The molecule has 2 rings (SSSR count). The summed E-state index contributed by atoms with van der Waals surface area (Å²) in [6, 6.07) is 8.16. The van der Waals surface area contributed by atoms with Gasteiger partial charge in [-0.15, -0.1) is 0 Å². The summed E-state index contributed by atoms with van der Waals surface area (Å²) in [7, 11) is 0. The van der Waals surface area contributed by atoms with E-state index in [-0.39, 0.29) is 0 Å². The van der Waals surface area contributed by atoms with Gasteiger partial charge in [-0.05, 0) is 18.1 Å². The van der Waals surface area contributed by atoms with E-state index in [1.807, 2.05) is 12.1 Å². The molecule has 70 valence electrons. The number of nitrogens with zero attached hydrogens (tertiary/aromatic N) is 1. The molecule has 0 aliphatic carbocycles. The first kappa shape index (κ1) is 8.75. The number of rotatable bonds is 2. The second kappa shape index (κ2) is 3.50. The van der Waals surface area contributed by atoms with E-state index in [0.717, 1.165) is 17.0 Å². The van der Waals surface area contributed by atoms with Crippen molar-refractivity contribution in [1.29, 1.82) is 0 Å². The van der Waals surface area contributed by atoms with E-state index < -0.39 is 0 Å². The Bertz CT molecular complexity index is 441. The summed E-state index contributed by atoms with van der Waals surface area (Å²) in [6.07, 6.45) is 3.54. The Morgan fingerprint density at radius 1 is 1.36 bits per heavy atom. The Hall–Kier alpha value is -1.83. The van der Waals surface area contributed by atoms with Gasteiger partial charge in [0, 0.05) is 18.0 Å². The maximum absolute atomic E-state index is 4.18. The van der Waals surface area contributed by atoms with E-state index >= 15 is 0 Å². The standard InChI is InChI=1S/C12H12N2/c1-9-5-3-4-6-11(9)10(2)12-13-7-8-14-12/h3-8H,2H2,1H3,(H,13,14). The first-order valence-corrected chi connectivity index (χ1v) is 4.53. The van der Waals surface area contributed by atoms with E-state index in [1.54, 1.807) is 12.4 Å². The number of H-pyrrole nitrogens is 1. The number of aromatic nitrogens is 2. The summed E-state index contributed by atoms with van der Waals surface area (Å²) < 4.78 is 0. The third-order valence-corrected chi connectivity index (χ3v) is 2.25. The Labute approximate surface area is 83.3 Å². The van der Waals surface area contributed by atoms with Crippen molar-refractivity contribution in [3.63, 3.8) is 0 Å². The van der Waals surface area contributed by atoms with Crippen LogP contribution in [-0.4, -0.2) is 9.97 Å². The highest BCUT2D eigenvalue weighted by Gasteiger charge is 2.05. The molecule has 0 radical (unpaired) electrons. The minimum atomic E-state index is 0.833. The summed E-state index contributed by atoms with van der Waals surface area (Å²) in [5.41, 5.74) is 3.30. The first-order chi connectivity index (χ1) is 6.79. The monoisotopic (exact) mass is 184 g/mol. The number of aromatic amines is 1. The van der Waals surface area contributed by atoms with Crippen LogP contribution in [0, 0.1) is 6.92 Å². The molecule has 0 aliphatic rings. The highest BCUT2D eigenvalue weighted by Crippen LogP contribution is 2.20. The Morgan fingerprint density at radius 3 is 2.79 bits per heavy atom. The van der Waals surface area contributed by atoms with Gasteiger partial charge in [0.25, 0.3) is 0 Å². The van der Waals surface area contributed by atoms with Gasteiger partial charge in [-0.25, -0.2) is 4.98 Å². The molecule has 1 aromatic heterocycles. The van der Waals surface area contributed by atoms with Gasteiger partial charge in [-0.2, -0.15) is 0 Å². The molecule has 0 aliphatic heterocycles. The summed E-state index contributed by atoms with van der Waals surface area (Å²) in [4.78, 5) is 7.23. The third-order valence-electron chi connectivity index (χ3n) is 2.25. The Balaban J connectivity index is 2.42. The molecule has 0 fully saturated rings. The van der Waals surface area contributed by atoms with Crippen molar-refractivity contribution < 1.29 is 0 Å². The summed E-state index contributed by atoms with van der Waals surface area (Å²) in [6.45, 7) is 6.11. The molecule has 0 amide bonds. The molecule has 0 saturated heterocycles. The minimum absolute atomic E-state index is 0.833. The molecule has 2 heteroatoms. The molecule has 1 N–H and O–H groups in total. The van der Waals surface area contributed by atoms with Gasteiger partial charge in [-0.1, -0.05) is 30.8 Å². The molecule has 0 unspecified atom stereocenters. The SMILES string of the molecule is C=C(c1ncc[nH]1)c1ccccc1C. The van der Waals surface area contributed by atoms with E-state index in [9.17, 15) is 0 Å². The molecule has 1 aromatic carbocycles. The second-order valence-corrected chi connectivity index (χ2v) is 3.23. The fraction of sp³-hybridized carbons (Fsp3) is 0.0833. The van der Waals surface area contributed by atoms with Gasteiger partial charge >= 0.3 is 0 Å². The number of nitrogens with one attached hydrogen (secondary N) is 1. The quantitative estimate of drug-likeness (QED) is 0.763. The van der Waals surface area contributed by atoms with Crippen molar-refractivity contribution in [2.45, 2.75) is 6.92 Å². The summed E-state index contributed by atoms with van der Waals surface area (Å²) in [5, 5.41) is 0. The second-order valence-electron chi connectivity index (χ2n) is 3.23. The normalized spacial score (nSPS) is 10.1. The van der Waals surface area contributed by atoms with E-state index in [2.05, 4.69) is 35.6 Å². The van der Waals surface area contributed by atoms with Crippen LogP contribution in [0.2, 0.25) is 0 Å². The lowest BCUT2D eigenvalue weighted by atomic mass is 10.0. The smallest absolute Gasteiger partial charge is 0.137 e.